The van der Waals surface area contributed by atoms with E-state index in [1.165, 1.54) is 0 Å². The van der Waals surface area contributed by atoms with E-state index in [2.05, 4.69) is 5.32 Å². The number of nitrogens with one attached hydrogen (secondary N) is 1. The first kappa shape index (κ1) is 11.9. The molecule has 1 atom stereocenters. The highest BCUT2D eigenvalue weighted by Crippen LogP contribution is 2.25. The number of thiocarbonyl (C=S) groups is 1. The molecule has 5 heteroatoms. The number of nitrogens with two attached hydrogens (primary N) is 1. The van der Waals surface area contributed by atoms with Crippen molar-refractivity contribution >= 4 is 28.9 Å². The van der Waals surface area contributed by atoms with Gasteiger partial charge in [-0.15, -0.1) is 0 Å². The zero-order chi connectivity index (χ0) is 12.6. The van der Waals surface area contributed by atoms with Crippen LogP contribution in [0.3, 0.4) is 0 Å². The molecule has 3 N–H and O–H groups in total. The Hall–Kier alpha value is -1.62. The van der Waals surface area contributed by atoms with E-state index >= 15 is 0 Å². The molecule has 0 aromatic heterocycles. The fourth-order valence-corrected chi connectivity index (χ4v) is 1.99. The van der Waals surface area contributed by atoms with Crippen molar-refractivity contribution in [1.82, 2.24) is 5.32 Å². The van der Waals surface area contributed by atoms with Crippen LogP contribution in [0.25, 0.3) is 0 Å². The van der Waals surface area contributed by atoms with Crippen molar-refractivity contribution in [1.29, 1.82) is 0 Å². The highest BCUT2D eigenvalue weighted by molar-refractivity contribution is 7.80. The lowest BCUT2D eigenvalue weighted by Crippen LogP contribution is -2.43. The first-order chi connectivity index (χ1) is 7.99. The van der Waals surface area contributed by atoms with Crippen LogP contribution in [0.1, 0.15) is 19.4 Å². The molecule has 1 aromatic carbocycles. The molecule has 0 fully saturated rings. The van der Waals surface area contributed by atoms with Gasteiger partial charge in [-0.25, -0.2) is 4.79 Å². The van der Waals surface area contributed by atoms with Crippen molar-refractivity contribution in [2.45, 2.75) is 19.9 Å². The number of nitrogen functional groups attached to an aromatic ring is 1. The quantitative estimate of drug-likeness (QED) is 0.342. The topological polar surface area (TPSA) is 64.3 Å². The summed E-state index contributed by atoms with van der Waals surface area (Å²) < 4.78 is 5.31. The first-order valence-corrected chi connectivity index (χ1v) is 5.82. The van der Waals surface area contributed by atoms with E-state index in [-0.39, 0.29) is 11.9 Å². The van der Waals surface area contributed by atoms with Crippen molar-refractivity contribution in [3.05, 3.63) is 23.8 Å². The van der Waals surface area contributed by atoms with E-state index in [1.807, 2.05) is 13.8 Å². The summed E-state index contributed by atoms with van der Waals surface area (Å²) in [6.45, 7) is 3.87. The van der Waals surface area contributed by atoms with Gasteiger partial charge in [-0.2, -0.15) is 0 Å². The van der Waals surface area contributed by atoms with Gasteiger partial charge in [0.25, 0.3) is 0 Å². The number of hydrogen-bond donors (Lipinski definition) is 2. The zero-order valence-electron chi connectivity index (χ0n) is 9.69. The average molecular weight is 250 g/mol. The van der Waals surface area contributed by atoms with Crippen LogP contribution in [-0.4, -0.2) is 17.0 Å². The number of benzene rings is 1. The summed E-state index contributed by atoms with van der Waals surface area (Å²) in [6, 6.07) is 4.64. The molecule has 1 aromatic rings. The molecule has 0 radical (unpaired) electrons. The van der Waals surface area contributed by atoms with Crippen LogP contribution in [0.5, 0.6) is 5.75 Å². The number of carbonyl (C=O) groups excluding carboxylic acids is 1. The second kappa shape index (κ2) is 4.33. The van der Waals surface area contributed by atoms with E-state index < -0.39 is 6.04 Å². The number of rotatable bonds is 1. The lowest BCUT2D eigenvalue weighted by atomic mass is 10.0. The third-order valence-corrected chi connectivity index (χ3v) is 3.00. The SMILES string of the molecule is CC(C)[C@@H]1NC(=S)c2cc(N)ccc2OC1=O. The van der Waals surface area contributed by atoms with Crippen LogP contribution < -0.4 is 15.8 Å². The fraction of sp³-hybridized carbons (Fsp3) is 0.333. The summed E-state index contributed by atoms with van der Waals surface area (Å²) in [4.78, 5) is 12.4. The zero-order valence-corrected chi connectivity index (χ0v) is 10.5. The van der Waals surface area contributed by atoms with Gasteiger partial charge in [0, 0.05) is 5.69 Å². The molecule has 4 nitrogen and oxygen atoms in total. The van der Waals surface area contributed by atoms with E-state index in [0.717, 1.165) is 0 Å². The highest BCUT2D eigenvalue weighted by Gasteiger charge is 2.30. The van der Waals surface area contributed by atoms with Crippen LogP contribution in [0, 0.1) is 5.92 Å². The van der Waals surface area contributed by atoms with E-state index in [9.17, 15) is 4.79 Å². The fourth-order valence-electron chi connectivity index (χ4n) is 1.70. The molecule has 1 aliphatic heterocycles. The van der Waals surface area contributed by atoms with Crippen molar-refractivity contribution in [3.63, 3.8) is 0 Å². The van der Waals surface area contributed by atoms with Gasteiger partial charge >= 0.3 is 5.97 Å². The number of ether oxygens (including phenoxy) is 1. The Morgan fingerprint density at radius 3 is 2.82 bits per heavy atom. The largest absolute Gasteiger partial charge is 0.424 e. The Kier molecular flexibility index (Phi) is 3.02. The molecule has 0 bridgehead atoms. The number of carbonyl (C=O) groups is 1. The Bertz CT molecular complexity index is 485. The van der Waals surface area contributed by atoms with Crippen molar-refractivity contribution in [2.24, 2.45) is 5.92 Å². The van der Waals surface area contributed by atoms with E-state index in [1.54, 1.807) is 18.2 Å². The van der Waals surface area contributed by atoms with Gasteiger partial charge in [-0.3, -0.25) is 0 Å². The summed E-state index contributed by atoms with van der Waals surface area (Å²) in [6.07, 6.45) is 0. The van der Waals surface area contributed by atoms with Gasteiger partial charge in [0.05, 0.1) is 5.56 Å². The van der Waals surface area contributed by atoms with E-state index in [4.69, 9.17) is 22.7 Å². The minimum Gasteiger partial charge on any atom is -0.424 e. The Morgan fingerprint density at radius 1 is 1.47 bits per heavy atom. The van der Waals surface area contributed by atoms with E-state index in [0.29, 0.717) is 22.0 Å². The summed E-state index contributed by atoms with van der Waals surface area (Å²) in [5, 5.41) is 3.01. The molecule has 0 saturated carbocycles. The maximum Gasteiger partial charge on any atom is 0.334 e. The summed E-state index contributed by atoms with van der Waals surface area (Å²) in [7, 11) is 0. The van der Waals surface area contributed by atoms with Gasteiger partial charge in [0.15, 0.2) is 0 Å². The predicted molar refractivity (Wildman–Crippen MR) is 70.0 cm³/mol. The molecule has 2 rings (SSSR count). The second-order valence-electron chi connectivity index (χ2n) is 4.37. The lowest BCUT2D eigenvalue weighted by Gasteiger charge is -2.17. The molecule has 0 saturated heterocycles. The number of anilines is 1. The number of hydrogen-bond acceptors (Lipinski definition) is 4. The normalized spacial score (nSPS) is 19.4. The summed E-state index contributed by atoms with van der Waals surface area (Å²) >= 11 is 5.26. The second-order valence-corrected chi connectivity index (χ2v) is 4.78. The third kappa shape index (κ3) is 2.24. The van der Waals surface area contributed by atoms with Gasteiger partial charge in [0.1, 0.15) is 16.8 Å². The summed E-state index contributed by atoms with van der Waals surface area (Å²) in [5.41, 5.74) is 6.95. The molecule has 0 unspecified atom stereocenters. The summed E-state index contributed by atoms with van der Waals surface area (Å²) in [5.74, 6) is 0.253. The number of fused-ring (bicyclic) bond motifs is 1. The smallest absolute Gasteiger partial charge is 0.334 e. The van der Waals surface area contributed by atoms with Gasteiger partial charge in [-0.1, -0.05) is 26.1 Å². The van der Waals surface area contributed by atoms with Crippen LogP contribution in [0.4, 0.5) is 5.69 Å². The van der Waals surface area contributed by atoms with Crippen molar-refractivity contribution < 1.29 is 9.53 Å². The molecule has 0 aliphatic carbocycles. The molecular formula is C12H14N2O2S. The van der Waals surface area contributed by atoms with Crippen LogP contribution in [0.2, 0.25) is 0 Å². The molecule has 1 aliphatic rings. The Morgan fingerprint density at radius 2 is 2.18 bits per heavy atom. The monoisotopic (exact) mass is 250 g/mol. The van der Waals surface area contributed by atoms with Gasteiger partial charge in [0.2, 0.25) is 0 Å². The average Bonchev–Trinajstić information content (AvgIpc) is 2.38. The van der Waals surface area contributed by atoms with Crippen molar-refractivity contribution in [2.75, 3.05) is 5.73 Å². The molecule has 17 heavy (non-hydrogen) atoms. The maximum absolute atomic E-state index is 11.9. The highest BCUT2D eigenvalue weighted by atomic mass is 32.1. The molecule has 0 spiro atoms. The maximum atomic E-state index is 11.9. The Balaban J connectivity index is 2.43. The Labute approximate surface area is 105 Å². The molecule has 0 amide bonds. The lowest BCUT2D eigenvalue weighted by molar-refractivity contribution is -0.137. The number of esters is 1. The minimum atomic E-state index is -0.420. The first-order valence-electron chi connectivity index (χ1n) is 5.41. The van der Waals surface area contributed by atoms with Crippen LogP contribution >= 0.6 is 12.2 Å². The molecular weight excluding hydrogens is 236 g/mol. The third-order valence-electron chi connectivity index (χ3n) is 2.67. The molecule has 1 heterocycles. The van der Waals surface area contributed by atoms with Crippen LogP contribution in [-0.2, 0) is 4.79 Å². The van der Waals surface area contributed by atoms with Gasteiger partial charge < -0.3 is 15.8 Å². The van der Waals surface area contributed by atoms with Crippen molar-refractivity contribution in [3.8, 4) is 5.75 Å². The van der Waals surface area contributed by atoms with Crippen LogP contribution in [0.15, 0.2) is 18.2 Å². The predicted octanol–water partition coefficient (Wildman–Crippen LogP) is 1.48. The molecule has 90 valence electrons. The standard InChI is InChI=1S/C12H14N2O2S/c1-6(2)10-12(15)16-9-4-3-7(13)5-8(9)11(17)14-10/h3-6,10H,13H2,1-2H3,(H,14,17)/t10-/m0/s1. The van der Waals surface area contributed by atoms with Gasteiger partial charge in [-0.05, 0) is 24.1 Å². The minimum absolute atomic E-state index is 0.104.